The average Bonchev–Trinajstić information content (AvgIpc) is 2.94. The van der Waals surface area contributed by atoms with Gasteiger partial charge in [0.05, 0.1) is 11.1 Å². The number of amides is 2. The van der Waals surface area contributed by atoms with E-state index in [1.807, 2.05) is 39.0 Å². The van der Waals surface area contributed by atoms with Crippen LogP contribution in [0.15, 0.2) is 36.8 Å². The highest BCUT2D eigenvalue weighted by molar-refractivity contribution is 6.12. The number of aryl methyl sites for hydroxylation is 2. The van der Waals surface area contributed by atoms with Crippen LogP contribution in [0.1, 0.15) is 41.3 Å². The minimum atomic E-state index is -0.751. The molecule has 4 rings (SSSR count). The SMILES string of the molecule is CNC(=O)c1nc(N2C(=O)C(C)(C)c3ccc(-c4cnc(C)nc4)cc32)ncc1C. The molecule has 0 radical (unpaired) electrons. The summed E-state index contributed by atoms with van der Waals surface area (Å²) in [6, 6.07) is 5.81. The van der Waals surface area contributed by atoms with E-state index in [1.54, 1.807) is 32.6 Å². The number of hydrogen-bond donors (Lipinski definition) is 1. The van der Waals surface area contributed by atoms with Crippen LogP contribution in [0.2, 0.25) is 0 Å². The molecular formula is C22H22N6O2. The minimum absolute atomic E-state index is 0.151. The number of fused-ring (bicyclic) bond motifs is 1. The molecule has 2 aromatic heterocycles. The van der Waals surface area contributed by atoms with Crippen molar-refractivity contribution < 1.29 is 9.59 Å². The highest BCUT2D eigenvalue weighted by atomic mass is 16.2. The van der Waals surface area contributed by atoms with Crippen LogP contribution in [0.25, 0.3) is 11.1 Å². The Balaban J connectivity index is 1.87. The van der Waals surface area contributed by atoms with Gasteiger partial charge in [-0.15, -0.1) is 0 Å². The lowest BCUT2D eigenvalue weighted by Gasteiger charge is -2.19. The molecule has 1 aliphatic rings. The molecule has 1 aliphatic heterocycles. The summed E-state index contributed by atoms with van der Waals surface area (Å²) in [6.45, 7) is 7.33. The summed E-state index contributed by atoms with van der Waals surface area (Å²) in [7, 11) is 1.54. The van der Waals surface area contributed by atoms with Crippen molar-refractivity contribution in [3.8, 4) is 11.1 Å². The molecule has 152 valence electrons. The monoisotopic (exact) mass is 402 g/mol. The molecule has 0 fully saturated rings. The van der Waals surface area contributed by atoms with Crippen molar-refractivity contribution in [3.05, 3.63) is 59.4 Å². The third kappa shape index (κ3) is 3.01. The molecule has 8 heteroatoms. The Morgan fingerprint density at radius 1 is 1.03 bits per heavy atom. The number of carbonyl (C=O) groups is 2. The van der Waals surface area contributed by atoms with E-state index in [1.165, 1.54) is 4.90 Å². The van der Waals surface area contributed by atoms with E-state index in [0.717, 1.165) is 16.7 Å². The maximum Gasteiger partial charge on any atom is 0.270 e. The largest absolute Gasteiger partial charge is 0.354 e. The number of anilines is 2. The smallest absolute Gasteiger partial charge is 0.270 e. The molecule has 1 N–H and O–H groups in total. The highest BCUT2D eigenvalue weighted by Gasteiger charge is 2.46. The van der Waals surface area contributed by atoms with Gasteiger partial charge in [0.15, 0.2) is 0 Å². The molecule has 0 spiro atoms. The first-order valence-corrected chi connectivity index (χ1v) is 9.58. The minimum Gasteiger partial charge on any atom is -0.354 e. The number of hydrogen-bond acceptors (Lipinski definition) is 6. The van der Waals surface area contributed by atoms with E-state index >= 15 is 0 Å². The molecule has 2 amide bonds. The van der Waals surface area contributed by atoms with Crippen LogP contribution >= 0.6 is 0 Å². The molecule has 3 heterocycles. The predicted molar refractivity (Wildman–Crippen MR) is 113 cm³/mol. The van der Waals surface area contributed by atoms with E-state index in [4.69, 9.17) is 0 Å². The zero-order valence-corrected chi connectivity index (χ0v) is 17.5. The zero-order valence-electron chi connectivity index (χ0n) is 17.5. The van der Waals surface area contributed by atoms with Gasteiger partial charge in [-0.1, -0.05) is 12.1 Å². The first-order chi connectivity index (χ1) is 14.2. The standard InChI is InChI=1S/C22H22N6O2/c1-12-9-26-21(27-18(12)19(29)23-5)28-17-8-14(15-10-24-13(2)25-11-15)6-7-16(17)22(3,4)20(28)30/h6-11H,1-5H3,(H,23,29). The summed E-state index contributed by atoms with van der Waals surface area (Å²) in [6.07, 6.45) is 5.06. The lowest BCUT2D eigenvalue weighted by molar-refractivity contribution is -0.121. The van der Waals surface area contributed by atoms with E-state index in [2.05, 4.69) is 25.3 Å². The van der Waals surface area contributed by atoms with Crippen LogP contribution in [0.3, 0.4) is 0 Å². The molecule has 8 nitrogen and oxygen atoms in total. The summed E-state index contributed by atoms with van der Waals surface area (Å²) >= 11 is 0. The van der Waals surface area contributed by atoms with Gasteiger partial charge >= 0.3 is 0 Å². The van der Waals surface area contributed by atoms with Crippen LogP contribution in [0.5, 0.6) is 0 Å². The molecule has 30 heavy (non-hydrogen) atoms. The van der Waals surface area contributed by atoms with Crippen molar-refractivity contribution in [1.82, 2.24) is 25.3 Å². The molecule has 0 aliphatic carbocycles. The van der Waals surface area contributed by atoms with Crippen LogP contribution < -0.4 is 10.2 Å². The summed E-state index contributed by atoms with van der Waals surface area (Å²) in [5.74, 6) is 0.385. The van der Waals surface area contributed by atoms with Gasteiger partial charge in [-0.2, -0.15) is 0 Å². The van der Waals surface area contributed by atoms with E-state index in [0.29, 0.717) is 17.1 Å². The van der Waals surface area contributed by atoms with Gasteiger partial charge in [0.2, 0.25) is 11.9 Å². The second-order valence-corrected chi connectivity index (χ2v) is 7.80. The molecule has 1 aromatic carbocycles. The number of benzene rings is 1. The van der Waals surface area contributed by atoms with Gasteiger partial charge in [0.25, 0.3) is 5.91 Å². The van der Waals surface area contributed by atoms with E-state index in [-0.39, 0.29) is 23.5 Å². The zero-order chi connectivity index (χ0) is 21.6. The predicted octanol–water partition coefficient (Wildman–Crippen LogP) is 2.87. The van der Waals surface area contributed by atoms with Crippen molar-refractivity contribution in [2.75, 3.05) is 11.9 Å². The lowest BCUT2D eigenvalue weighted by atomic mass is 9.85. The molecule has 0 unspecified atom stereocenters. The molecule has 0 atom stereocenters. The van der Waals surface area contributed by atoms with Gasteiger partial charge in [-0.05, 0) is 50.5 Å². The Bertz CT molecular complexity index is 1170. The lowest BCUT2D eigenvalue weighted by Crippen LogP contribution is -2.34. The number of nitrogens with zero attached hydrogens (tertiary/aromatic N) is 5. The Morgan fingerprint density at radius 3 is 2.40 bits per heavy atom. The fourth-order valence-corrected chi connectivity index (χ4v) is 3.56. The maximum absolute atomic E-state index is 13.3. The number of aromatic nitrogens is 4. The highest BCUT2D eigenvalue weighted by Crippen LogP contribution is 2.45. The van der Waals surface area contributed by atoms with Gasteiger partial charge < -0.3 is 5.32 Å². The third-order valence-corrected chi connectivity index (χ3v) is 5.37. The molecular weight excluding hydrogens is 380 g/mol. The van der Waals surface area contributed by atoms with Crippen molar-refractivity contribution >= 4 is 23.5 Å². The van der Waals surface area contributed by atoms with E-state index < -0.39 is 5.41 Å². The Labute approximate surface area is 174 Å². The summed E-state index contributed by atoms with van der Waals surface area (Å²) in [4.78, 5) is 44.3. The first kappa shape index (κ1) is 19.6. The Kier molecular flexibility index (Phi) is 4.57. The summed E-state index contributed by atoms with van der Waals surface area (Å²) in [5, 5.41) is 2.58. The quantitative estimate of drug-likeness (QED) is 0.723. The van der Waals surface area contributed by atoms with Crippen LogP contribution in [-0.2, 0) is 10.2 Å². The third-order valence-electron chi connectivity index (χ3n) is 5.37. The number of rotatable bonds is 3. The molecule has 3 aromatic rings. The summed E-state index contributed by atoms with van der Waals surface area (Å²) < 4.78 is 0. The normalized spacial score (nSPS) is 14.6. The first-order valence-electron chi connectivity index (χ1n) is 9.58. The number of nitrogens with one attached hydrogen (secondary N) is 1. The van der Waals surface area contributed by atoms with Crippen molar-refractivity contribution in [2.24, 2.45) is 0 Å². The summed E-state index contributed by atoms with van der Waals surface area (Å²) in [5.41, 5.74) is 3.41. The van der Waals surface area contributed by atoms with Gasteiger partial charge in [0.1, 0.15) is 11.5 Å². The van der Waals surface area contributed by atoms with Gasteiger partial charge in [-0.25, -0.2) is 24.8 Å². The maximum atomic E-state index is 13.3. The number of carbonyl (C=O) groups excluding carboxylic acids is 2. The van der Waals surface area contributed by atoms with Gasteiger partial charge in [-0.3, -0.25) is 9.59 Å². The molecule has 0 saturated carbocycles. The van der Waals surface area contributed by atoms with Crippen molar-refractivity contribution in [3.63, 3.8) is 0 Å². The van der Waals surface area contributed by atoms with Crippen LogP contribution in [0.4, 0.5) is 11.6 Å². The fraction of sp³-hybridized carbons (Fsp3) is 0.273. The van der Waals surface area contributed by atoms with Crippen molar-refractivity contribution in [1.29, 1.82) is 0 Å². The molecule has 0 bridgehead atoms. The average molecular weight is 402 g/mol. The molecule has 0 saturated heterocycles. The van der Waals surface area contributed by atoms with Crippen molar-refractivity contribution in [2.45, 2.75) is 33.1 Å². The van der Waals surface area contributed by atoms with Crippen LogP contribution in [0, 0.1) is 13.8 Å². The Morgan fingerprint density at radius 2 is 1.73 bits per heavy atom. The fourth-order valence-electron chi connectivity index (χ4n) is 3.56. The van der Waals surface area contributed by atoms with Gasteiger partial charge in [0, 0.05) is 31.2 Å². The second-order valence-electron chi connectivity index (χ2n) is 7.80. The van der Waals surface area contributed by atoms with E-state index in [9.17, 15) is 9.59 Å². The second kappa shape index (κ2) is 6.98. The Hall–Kier alpha value is -3.68. The topological polar surface area (TPSA) is 101 Å². The van der Waals surface area contributed by atoms with Crippen LogP contribution in [-0.4, -0.2) is 38.8 Å².